The zero-order chi connectivity index (χ0) is 12.3. The van der Waals surface area contributed by atoms with Gasteiger partial charge in [0.05, 0.1) is 0 Å². The van der Waals surface area contributed by atoms with E-state index < -0.39 is 12.0 Å². The number of carbonyl (C=O) groups excluding carboxylic acids is 1. The highest BCUT2D eigenvalue weighted by atomic mass is 32.1. The van der Waals surface area contributed by atoms with Crippen molar-refractivity contribution in [1.29, 1.82) is 0 Å². The second kappa shape index (κ2) is 5.22. The summed E-state index contributed by atoms with van der Waals surface area (Å²) in [5, 5.41) is 14.4. The van der Waals surface area contributed by atoms with Crippen molar-refractivity contribution in [2.24, 2.45) is 0 Å². The number of likely N-dealkylation sites (tertiary alicyclic amines) is 1. The van der Waals surface area contributed by atoms with Crippen LogP contribution in [0.25, 0.3) is 0 Å². The van der Waals surface area contributed by atoms with Crippen LogP contribution >= 0.6 is 11.5 Å². The molecule has 0 bridgehead atoms. The lowest BCUT2D eigenvalue weighted by atomic mass is 10.1. The number of aromatic nitrogens is 2. The molecule has 1 atom stereocenters. The molecule has 1 aliphatic rings. The van der Waals surface area contributed by atoms with E-state index in [1.165, 1.54) is 4.90 Å². The number of carboxylic acids is 1. The summed E-state index contributed by atoms with van der Waals surface area (Å²) in [5.41, 5.74) is 0.239. The van der Waals surface area contributed by atoms with Crippen molar-refractivity contribution < 1.29 is 14.7 Å². The van der Waals surface area contributed by atoms with Crippen LogP contribution in [-0.4, -0.2) is 44.1 Å². The van der Waals surface area contributed by atoms with E-state index in [4.69, 9.17) is 5.11 Å². The highest BCUT2D eigenvalue weighted by Crippen LogP contribution is 2.19. The molecule has 7 heteroatoms. The van der Waals surface area contributed by atoms with E-state index in [9.17, 15) is 9.59 Å². The lowest BCUT2D eigenvalue weighted by Crippen LogP contribution is -2.44. The van der Waals surface area contributed by atoms with Gasteiger partial charge in [-0.25, -0.2) is 4.79 Å². The lowest BCUT2D eigenvalue weighted by Gasteiger charge is -2.25. The first-order valence-corrected chi connectivity index (χ1v) is 6.34. The van der Waals surface area contributed by atoms with Gasteiger partial charge in [-0.1, -0.05) is 17.3 Å². The van der Waals surface area contributed by atoms with Crippen LogP contribution in [0.5, 0.6) is 0 Å². The molecule has 0 aromatic carbocycles. The first-order chi connectivity index (χ1) is 8.20. The van der Waals surface area contributed by atoms with Gasteiger partial charge in [0.15, 0.2) is 5.69 Å². The topological polar surface area (TPSA) is 83.4 Å². The minimum Gasteiger partial charge on any atom is -0.480 e. The van der Waals surface area contributed by atoms with Crippen LogP contribution in [0, 0.1) is 0 Å². The fraction of sp³-hybridized carbons (Fsp3) is 0.600. The number of rotatable bonds is 2. The van der Waals surface area contributed by atoms with Crippen molar-refractivity contribution in [3.63, 3.8) is 0 Å². The molecule has 1 saturated heterocycles. The molecule has 1 aromatic rings. The third-order valence-electron chi connectivity index (χ3n) is 2.88. The van der Waals surface area contributed by atoms with Gasteiger partial charge < -0.3 is 10.0 Å². The summed E-state index contributed by atoms with van der Waals surface area (Å²) in [6.07, 6.45) is 3.16. The van der Waals surface area contributed by atoms with E-state index in [-0.39, 0.29) is 11.6 Å². The van der Waals surface area contributed by atoms with E-state index in [2.05, 4.69) is 9.59 Å². The first-order valence-electron chi connectivity index (χ1n) is 5.51. The van der Waals surface area contributed by atoms with Crippen molar-refractivity contribution in [1.82, 2.24) is 14.5 Å². The molecule has 2 rings (SSSR count). The van der Waals surface area contributed by atoms with Gasteiger partial charge in [-0.2, -0.15) is 0 Å². The summed E-state index contributed by atoms with van der Waals surface area (Å²) in [5.74, 6) is -1.27. The Bertz CT molecular complexity index is 407. The summed E-state index contributed by atoms with van der Waals surface area (Å²) in [7, 11) is 0. The molecule has 1 aromatic heterocycles. The molecule has 6 nitrogen and oxygen atoms in total. The maximum absolute atomic E-state index is 12.1. The van der Waals surface area contributed by atoms with Crippen molar-refractivity contribution in [2.45, 2.75) is 31.7 Å². The van der Waals surface area contributed by atoms with E-state index in [1.54, 1.807) is 5.38 Å². The smallest absolute Gasteiger partial charge is 0.326 e. The Labute approximate surface area is 102 Å². The lowest BCUT2D eigenvalue weighted by molar-refractivity contribution is -0.142. The van der Waals surface area contributed by atoms with Crippen LogP contribution < -0.4 is 0 Å². The Balaban J connectivity index is 2.20. The van der Waals surface area contributed by atoms with Crippen LogP contribution in [0.2, 0.25) is 0 Å². The van der Waals surface area contributed by atoms with Crippen LogP contribution in [0.4, 0.5) is 0 Å². The molecule has 1 amide bonds. The molecule has 2 heterocycles. The number of amides is 1. The predicted octanol–water partition coefficient (Wildman–Crippen LogP) is 1.01. The van der Waals surface area contributed by atoms with E-state index in [1.807, 2.05) is 0 Å². The molecule has 1 aliphatic heterocycles. The third kappa shape index (κ3) is 2.60. The van der Waals surface area contributed by atoms with Gasteiger partial charge in [0, 0.05) is 11.9 Å². The number of aliphatic carboxylic acids is 1. The zero-order valence-electron chi connectivity index (χ0n) is 9.20. The summed E-state index contributed by atoms with van der Waals surface area (Å²) < 4.78 is 3.63. The van der Waals surface area contributed by atoms with E-state index >= 15 is 0 Å². The van der Waals surface area contributed by atoms with Crippen molar-refractivity contribution in [3.8, 4) is 0 Å². The van der Waals surface area contributed by atoms with Crippen molar-refractivity contribution in [3.05, 3.63) is 11.1 Å². The number of hydrogen-bond donors (Lipinski definition) is 1. The largest absolute Gasteiger partial charge is 0.480 e. The highest BCUT2D eigenvalue weighted by molar-refractivity contribution is 7.03. The third-order valence-corrected chi connectivity index (χ3v) is 3.38. The first kappa shape index (κ1) is 12.0. The summed E-state index contributed by atoms with van der Waals surface area (Å²) in [6.45, 7) is 0.479. The van der Waals surface area contributed by atoms with E-state index in [0.717, 1.165) is 30.8 Å². The van der Waals surface area contributed by atoms with Gasteiger partial charge in [0.2, 0.25) is 0 Å². The van der Waals surface area contributed by atoms with Crippen molar-refractivity contribution >= 4 is 23.4 Å². The summed E-state index contributed by atoms with van der Waals surface area (Å²) in [6, 6.07) is -0.730. The quantitative estimate of drug-likeness (QED) is 0.852. The number of carbonyl (C=O) groups is 2. The summed E-state index contributed by atoms with van der Waals surface area (Å²) in [4.78, 5) is 24.7. The Kier molecular flexibility index (Phi) is 3.68. The maximum Gasteiger partial charge on any atom is 0.326 e. The van der Waals surface area contributed by atoms with Crippen molar-refractivity contribution in [2.75, 3.05) is 6.54 Å². The predicted molar refractivity (Wildman–Crippen MR) is 60.8 cm³/mol. The van der Waals surface area contributed by atoms with Crippen LogP contribution in [0.3, 0.4) is 0 Å². The van der Waals surface area contributed by atoms with Gasteiger partial charge in [-0.3, -0.25) is 4.79 Å². The second-order valence-corrected chi connectivity index (χ2v) is 4.60. The molecule has 0 saturated carbocycles. The normalized spacial score (nSPS) is 20.9. The molecule has 1 unspecified atom stereocenters. The standard InChI is InChI=1S/C10H13N3O3S/c14-9(7-6-17-12-11-7)13-5-3-1-2-4-8(13)10(15)16/h6,8H,1-5H2,(H,15,16). The Morgan fingerprint density at radius 1 is 1.41 bits per heavy atom. The molecule has 1 N–H and O–H groups in total. The van der Waals surface area contributed by atoms with Crippen LogP contribution in [-0.2, 0) is 4.79 Å². The molecule has 0 radical (unpaired) electrons. The average Bonchev–Trinajstić information content (AvgIpc) is 2.71. The minimum absolute atomic E-state index is 0.239. The monoisotopic (exact) mass is 255 g/mol. The maximum atomic E-state index is 12.1. The van der Waals surface area contributed by atoms with Gasteiger partial charge in [0.25, 0.3) is 5.91 Å². The molecule has 1 fully saturated rings. The molecular formula is C10H13N3O3S. The molecular weight excluding hydrogens is 242 g/mol. The Morgan fingerprint density at radius 3 is 2.88 bits per heavy atom. The minimum atomic E-state index is -0.941. The van der Waals surface area contributed by atoms with Gasteiger partial charge in [-0.15, -0.1) is 5.10 Å². The molecule has 17 heavy (non-hydrogen) atoms. The number of nitrogens with zero attached hydrogens (tertiary/aromatic N) is 3. The van der Waals surface area contributed by atoms with Gasteiger partial charge in [0.1, 0.15) is 6.04 Å². The van der Waals surface area contributed by atoms with E-state index in [0.29, 0.717) is 13.0 Å². The number of carboxylic acid groups (broad SMARTS) is 1. The fourth-order valence-electron chi connectivity index (χ4n) is 2.01. The SMILES string of the molecule is O=C(O)C1CCCCCN1C(=O)c1csnn1. The molecule has 92 valence electrons. The van der Waals surface area contributed by atoms with Gasteiger partial charge >= 0.3 is 5.97 Å². The number of hydrogen-bond acceptors (Lipinski definition) is 5. The fourth-order valence-corrected chi connectivity index (χ4v) is 2.44. The summed E-state index contributed by atoms with van der Waals surface area (Å²) >= 11 is 1.09. The van der Waals surface area contributed by atoms with Crippen LogP contribution in [0.15, 0.2) is 5.38 Å². The Hall–Kier alpha value is -1.50. The second-order valence-electron chi connectivity index (χ2n) is 3.99. The average molecular weight is 255 g/mol. The van der Waals surface area contributed by atoms with Crippen LogP contribution in [0.1, 0.15) is 36.2 Å². The zero-order valence-corrected chi connectivity index (χ0v) is 10.0. The van der Waals surface area contributed by atoms with Gasteiger partial charge in [-0.05, 0) is 24.4 Å². The highest BCUT2D eigenvalue weighted by Gasteiger charge is 2.32. The molecule has 0 aliphatic carbocycles. The Morgan fingerprint density at radius 2 is 2.24 bits per heavy atom. The molecule has 0 spiro atoms.